The summed E-state index contributed by atoms with van der Waals surface area (Å²) in [4.78, 5) is 24.1. The highest BCUT2D eigenvalue weighted by atomic mass is 16.5. The van der Waals surface area contributed by atoms with Crippen LogP contribution in [0.5, 0.6) is 5.88 Å². The van der Waals surface area contributed by atoms with Gasteiger partial charge < -0.3 is 19.5 Å². The van der Waals surface area contributed by atoms with Gasteiger partial charge in [-0.25, -0.2) is 9.97 Å². The summed E-state index contributed by atoms with van der Waals surface area (Å²) in [6.45, 7) is 2.70. The SMILES string of the molecule is COc1cc(Nc2cc(C)ncn2)nc(N2CCC[C@H]2c2cc(-c3ccccn3)no2)n1. The van der Waals surface area contributed by atoms with Crippen molar-refractivity contribution in [3.05, 3.63) is 60.4 Å². The Morgan fingerprint density at radius 1 is 1.06 bits per heavy atom. The summed E-state index contributed by atoms with van der Waals surface area (Å²) in [6.07, 6.45) is 5.14. The zero-order chi connectivity index (χ0) is 21.9. The molecule has 4 aromatic heterocycles. The number of nitrogens with zero attached hydrogens (tertiary/aromatic N) is 7. The maximum atomic E-state index is 5.70. The quantitative estimate of drug-likeness (QED) is 0.485. The predicted molar refractivity (Wildman–Crippen MR) is 118 cm³/mol. The average molecular weight is 430 g/mol. The van der Waals surface area contributed by atoms with Gasteiger partial charge in [-0.05, 0) is 31.9 Å². The molecule has 0 aromatic carbocycles. The number of pyridine rings is 1. The van der Waals surface area contributed by atoms with Gasteiger partial charge in [0.15, 0.2) is 5.76 Å². The van der Waals surface area contributed by atoms with Gasteiger partial charge in [-0.1, -0.05) is 11.2 Å². The van der Waals surface area contributed by atoms with E-state index in [1.54, 1.807) is 19.4 Å². The third kappa shape index (κ3) is 4.07. The van der Waals surface area contributed by atoms with Crippen molar-refractivity contribution in [2.45, 2.75) is 25.8 Å². The van der Waals surface area contributed by atoms with Crippen LogP contribution >= 0.6 is 0 Å². The zero-order valence-electron chi connectivity index (χ0n) is 17.8. The van der Waals surface area contributed by atoms with Gasteiger partial charge >= 0.3 is 0 Å². The lowest BCUT2D eigenvalue weighted by Crippen LogP contribution is -2.24. The van der Waals surface area contributed by atoms with Gasteiger partial charge in [-0.15, -0.1) is 0 Å². The van der Waals surface area contributed by atoms with E-state index in [2.05, 4.69) is 35.3 Å². The van der Waals surface area contributed by atoms with E-state index in [4.69, 9.17) is 14.2 Å². The van der Waals surface area contributed by atoms with Crippen LogP contribution in [0, 0.1) is 6.92 Å². The van der Waals surface area contributed by atoms with Gasteiger partial charge in [0, 0.05) is 36.6 Å². The van der Waals surface area contributed by atoms with E-state index < -0.39 is 0 Å². The van der Waals surface area contributed by atoms with E-state index in [1.165, 1.54) is 6.33 Å². The standard InChI is InChI=1S/C22H22N8O2/c1-14-10-19(25-13-24-14)26-20-12-21(31-2)28-22(27-20)30-9-5-7-17(30)18-11-16(29-32-18)15-6-3-4-8-23-15/h3-4,6,8,10-13,17H,5,7,9H2,1-2H3,(H,24,25,26,27,28)/t17-/m0/s1. The number of rotatable bonds is 6. The van der Waals surface area contributed by atoms with Crippen LogP contribution in [0.2, 0.25) is 0 Å². The van der Waals surface area contributed by atoms with Crippen molar-refractivity contribution in [3.63, 3.8) is 0 Å². The molecule has 1 aliphatic heterocycles. The van der Waals surface area contributed by atoms with Crippen molar-refractivity contribution in [1.82, 2.24) is 30.1 Å². The summed E-state index contributed by atoms with van der Waals surface area (Å²) in [5.41, 5.74) is 2.34. The fourth-order valence-corrected chi connectivity index (χ4v) is 3.75. The molecule has 1 atom stereocenters. The molecule has 5 heterocycles. The molecule has 5 rings (SSSR count). The molecule has 0 amide bonds. The Bertz CT molecular complexity index is 1210. The summed E-state index contributed by atoms with van der Waals surface area (Å²) >= 11 is 0. The second kappa shape index (κ2) is 8.58. The molecule has 0 bridgehead atoms. The zero-order valence-corrected chi connectivity index (χ0v) is 17.8. The molecular weight excluding hydrogens is 408 g/mol. The Morgan fingerprint density at radius 3 is 2.81 bits per heavy atom. The normalized spacial score (nSPS) is 15.7. The maximum Gasteiger partial charge on any atom is 0.231 e. The fourth-order valence-electron chi connectivity index (χ4n) is 3.75. The summed E-state index contributed by atoms with van der Waals surface area (Å²) in [5.74, 6) is 3.01. The molecule has 32 heavy (non-hydrogen) atoms. The van der Waals surface area contributed by atoms with Crippen molar-refractivity contribution in [2.75, 3.05) is 23.9 Å². The van der Waals surface area contributed by atoms with E-state index in [9.17, 15) is 0 Å². The number of hydrogen-bond acceptors (Lipinski definition) is 10. The molecule has 1 fully saturated rings. The number of aromatic nitrogens is 6. The minimum Gasteiger partial charge on any atom is -0.481 e. The number of aryl methyl sites for hydroxylation is 1. The van der Waals surface area contributed by atoms with Crippen LogP contribution in [0.3, 0.4) is 0 Å². The van der Waals surface area contributed by atoms with Crippen LogP contribution in [0.4, 0.5) is 17.6 Å². The summed E-state index contributed by atoms with van der Waals surface area (Å²) < 4.78 is 11.1. The van der Waals surface area contributed by atoms with Crippen molar-refractivity contribution < 1.29 is 9.26 Å². The monoisotopic (exact) mass is 430 g/mol. The van der Waals surface area contributed by atoms with E-state index in [1.807, 2.05) is 37.3 Å². The highest BCUT2D eigenvalue weighted by molar-refractivity contribution is 5.57. The largest absolute Gasteiger partial charge is 0.481 e. The van der Waals surface area contributed by atoms with Crippen molar-refractivity contribution in [3.8, 4) is 17.3 Å². The maximum absolute atomic E-state index is 5.70. The van der Waals surface area contributed by atoms with Gasteiger partial charge in [0.2, 0.25) is 11.8 Å². The van der Waals surface area contributed by atoms with Gasteiger partial charge in [0.25, 0.3) is 0 Å². The first-order valence-corrected chi connectivity index (χ1v) is 10.3. The molecular formula is C22H22N8O2. The van der Waals surface area contributed by atoms with E-state index in [0.29, 0.717) is 29.2 Å². The van der Waals surface area contributed by atoms with Crippen LogP contribution in [-0.2, 0) is 0 Å². The topological polar surface area (TPSA) is 115 Å². The number of anilines is 3. The van der Waals surface area contributed by atoms with E-state index in [-0.39, 0.29) is 6.04 Å². The molecule has 4 aromatic rings. The Balaban J connectivity index is 1.44. The third-order valence-corrected chi connectivity index (χ3v) is 5.25. The summed E-state index contributed by atoms with van der Waals surface area (Å²) in [6, 6.07) is 11.2. The number of nitrogens with one attached hydrogen (secondary N) is 1. The molecule has 1 saturated heterocycles. The first kappa shape index (κ1) is 19.9. The molecule has 1 N–H and O–H groups in total. The smallest absolute Gasteiger partial charge is 0.231 e. The molecule has 1 aliphatic rings. The molecule has 10 nitrogen and oxygen atoms in total. The summed E-state index contributed by atoms with van der Waals surface area (Å²) in [5, 5.41) is 7.43. The first-order valence-electron chi connectivity index (χ1n) is 10.3. The molecule has 0 saturated carbocycles. The molecule has 0 radical (unpaired) electrons. The Morgan fingerprint density at radius 2 is 2.00 bits per heavy atom. The molecule has 162 valence electrons. The lowest BCUT2D eigenvalue weighted by Gasteiger charge is -2.23. The molecule has 0 aliphatic carbocycles. The second-order valence-electron chi connectivity index (χ2n) is 7.45. The highest BCUT2D eigenvalue weighted by Crippen LogP contribution is 2.37. The highest BCUT2D eigenvalue weighted by Gasteiger charge is 2.32. The minimum atomic E-state index is -0.0267. The van der Waals surface area contributed by atoms with Crippen LogP contribution < -0.4 is 15.0 Å². The van der Waals surface area contributed by atoms with Gasteiger partial charge in [0.05, 0.1) is 18.8 Å². The summed E-state index contributed by atoms with van der Waals surface area (Å²) in [7, 11) is 1.59. The van der Waals surface area contributed by atoms with E-state index >= 15 is 0 Å². The average Bonchev–Trinajstić information content (AvgIpc) is 3.49. The van der Waals surface area contributed by atoms with Crippen molar-refractivity contribution in [1.29, 1.82) is 0 Å². The lowest BCUT2D eigenvalue weighted by molar-refractivity contribution is 0.361. The van der Waals surface area contributed by atoms with Crippen molar-refractivity contribution >= 4 is 17.6 Å². The Kier molecular flexibility index (Phi) is 5.32. The molecule has 0 unspecified atom stereocenters. The van der Waals surface area contributed by atoms with Crippen LogP contribution in [-0.4, -0.2) is 43.7 Å². The van der Waals surface area contributed by atoms with Crippen molar-refractivity contribution in [2.24, 2.45) is 0 Å². The first-order chi connectivity index (χ1) is 15.7. The van der Waals surface area contributed by atoms with Gasteiger partial charge in [-0.3, -0.25) is 4.98 Å². The lowest BCUT2D eigenvalue weighted by atomic mass is 10.1. The predicted octanol–water partition coefficient (Wildman–Crippen LogP) is 3.72. The number of ether oxygens (including phenoxy) is 1. The number of methoxy groups -OCH3 is 1. The van der Waals surface area contributed by atoms with Gasteiger partial charge in [-0.2, -0.15) is 9.97 Å². The Labute approximate surface area is 184 Å². The minimum absolute atomic E-state index is 0.0267. The fraction of sp³-hybridized carbons (Fsp3) is 0.273. The third-order valence-electron chi connectivity index (χ3n) is 5.25. The van der Waals surface area contributed by atoms with Crippen LogP contribution in [0.25, 0.3) is 11.4 Å². The number of hydrogen-bond donors (Lipinski definition) is 1. The molecule has 0 spiro atoms. The molecule has 10 heteroatoms. The van der Waals surface area contributed by atoms with Crippen LogP contribution in [0.1, 0.15) is 30.3 Å². The van der Waals surface area contributed by atoms with Gasteiger partial charge in [0.1, 0.15) is 23.7 Å². The second-order valence-corrected chi connectivity index (χ2v) is 7.45. The van der Waals surface area contributed by atoms with Crippen LogP contribution in [0.15, 0.2) is 53.4 Å². The van der Waals surface area contributed by atoms with E-state index in [0.717, 1.165) is 36.5 Å². The Hall–Kier alpha value is -4.08.